The molecule has 0 bridgehead atoms. The highest BCUT2D eigenvalue weighted by Gasteiger charge is 2.31. The quantitative estimate of drug-likeness (QED) is 0.246. The van der Waals surface area contributed by atoms with Crippen molar-refractivity contribution in [2.45, 2.75) is 24.0 Å². The number of halogens is 1. The third-order valence-corrected chi connectivity index (χ3v) is 7.34. The molecule has 2 aliphatic rings. The number of aliphatic imine (C=N–C) groups is 1. The van der Waals surface area contributed by atoms with Gasteiger partial charge in [-0.25, -0.2) is 4.39 Å². The van der Waals surface area contributed by atoms with Crippen LogP contribution < -0.4 is 0 Å². The number of carbonyl (C=O) groups is 1. The van der Waals surface area contributed by atoms with Crippen LogP contribution in [0.25, 0.3) is 5.69 Å². The van der Waals surface area contributed by atoms with Gasteiger partial charge < -0.3 is 9.84 Å². The van der Waals surface area contributed by atoms with Crippen LogP contribution in [0.3, 0.4) is 0 Å². The topological polar surface area (TPSA) is 136 Å². The van der Waals surface area contributed by atoms with E-state index in [4.69, 9.17) is 9.73 Å². The largest absolute Gasteiger partial charge is 0.481 e. The second kappa shape index (κ2) is 11.4. The summed E-state index contributed by atoms with van der Waals surface area (Å²) in [7, 11) is 0. The third kappa shape index (κ3) is 5.44. The molecule has 1 aromatic heterocycles. The summed E-state index contributed by atoms with van der Waals surface area (Å²) < 4.78 is 22.2. The first-order valence-corrected chi connectivity index (χ1v) is 13.1. The van der Waals surface area contributed by atoms with Crippen LogP contribution >= 0.6 is 11.8 Å². The number of carboxylic acids is 1. The molecule has 0 aliphatic carbocycles. The monoisotopic (exact) mass is 540 g/mol. The van der Waals surface area contributed by atoms with Crippen LogP contribution in [0.1, 0.15) is 35.8 Å². The number of nitro benzene ring substituents is 1. The Morgan fingerprint density at radius 3 is 2.71 bits per heavy atom. The van der Waals surface area contributed by atoms with Crippen molar-refractivity contribution >= 4 is 29.1 Å². The molecule has 2 aliphatic heterocycles. The molecule has 13 heteroatoms. The maximum absolute atomic E-state index is 15.0. The van der Waals surface area contributed by atoms with Gasteiger partial charge in [-0.3, -0.25) is 29.4 Å². The number of rotatable bonds is 9. The second-order valence-electron chi connectivity index (χ2n) is 8.84. The average molecular weight is 541 g/mol. The number of nitrogens with zero attached hydrogens (tertiary/aromatic N) is 6. The highest BCUT2D eigenvalue weighted by molar-refractivity contribution is 7.99. The van der Waals surface area contributed by atoms with E-state index in [0.29, 0.717) is 41.2 Å². The summed E-state index contributed by atoms with van der Waals surface area (Å²) in [6.07, 6.45) is -0.0957. The standard InChI is InChI=1S/C25H25FN6O5S/c26-19-4-2-1-3-17(19)23-18-15-16(32(35)36)5-7-21(18)31-24(20(27-23)6-8-22(33)34)28-29-25(31)38-14-11-30-9-12-37-13-10-30/h1-5,7,15,20H,6,8-14H2,(H,33,34)/t20-/m0/s1. The van der Waals surface area contributed by atoms with E-state index in [0.717, 1.165) is 19.6 Å². The van der Waals surface area contributed by atoms with Gasteiger partial charge in [0, 0.05) is 55.1 Å². The van der Waals surface area contributed by atoms with Crippen molar-refractivity contribution in [1.29, 1.82) is 0 Å². The first-order chi connectivity index (χ1) is 18.4. The molecular formula is C25H25FN6O5S. The van der Waals surface area contributed by atoms with E-state index >= 15 is 4.39 Å². The number of benzene rings is 2. The molecule has 5 rings (SSSR count). The van der Waals surface area contributed by atoms with Crippen molar-refractivity contribution in [1.82, 2.24) is 19.7 Å². The van der Waals surface area contributed by atoms with Gasteiger partial charge in [-0.2, -0.15) is 0 Å². The molecular weight excluding hydrogens is 515 g/mol. The number of morpholine rings is 1. The van der Waals surface area contributed by atoms with Crippen molar-refractivity contribution in [3.63, 3.8) is 0 Å². The summed E-state index contributed by atoms with van der Waals surface area (Å²) in [5.74, 6) is -0.433. The fraction of sp³-hybridized carbons (Fsp3) is 0.360. The molecule has 11 nitrogen and oxygen atoms in total. The van der Waals surface area contributed by atoms with E-state index in [-0.39, 0.29) is 29.8 Å². The molecule has 1 fully saturated rings. The van der Waals surface area contributed by atoms with E-state index in [2.05, 4.69) is 15.1 Å². The van der Waals surface area contributed by atoms with E-state index in [1.165, 1.54) is 30.0 Å². The van der Waals surface area contributed by atoms with E-state index < -0.39 is 22.8 Å². The third-order valence-electron chi connectivity index (χ3n) is 6.43. The number of ether oxygens (including phenoxy) is 1. The number of carboxylic acid groups (broad SMARTS) is 1. The highest BCUT2D eigenvalue weighted by atomic mass is 32.2. The zero-order valence-electron chi connectivity index (χ0n) is 20.3. The molecule has 3 heterocycles. The van der Waals surface area contributed by atoms with Crippen LogP contribution in [0, 0.1) is 15.9 Å². The number of fused-ring (bicyclic) bond motifs is 3. The average Bonchev–Trinajstić information content (AvgIpc) is 3.27. The van der Waals surface area contributed by atoms with Crippen molar-refractivity contribution in [3.8, 4) is 5.69 Å². The van der Waals surface area contributed by atoms with Crippen molar-refractivity contribution in [2.75, 3.05) is 38.6 Å². The molecule has 0 saturated carbocycles. The zero-order valence-corrected chi connectivity index (χ0v) is 21.1. The minimum Gasteiger partial charge on any atom is -0.481 e. The van der Waals surface area contributed by atoms with Crippen LogP contribution in [0.4, 0.5) is 10.1 Å². The smallest absolute Gasteiger partial charge is 0.303 e. The van der Waals surface area contributed by atoms with Gasteiger partial charge in [0.25, 0.3) is 5.69 Å². The Labute approximate surface area is 221 Å². The maximum Gasteiger partial charge on any atom is 0.303 e. The first-order valence-electron chi connectivity index (χ1n) is 12.1. The number of hydrogen-bond donors (Lipinski definition) is 1. The van der Waals surface area contributed by atoms with Gasteiger partial charge in [-0.05, 0) is 24.6 Å². The van der Waals surface area contributed by atoms with Crippen molar-refractivity contribution < 1.29 is 24.0 Å². The fourth-order valence-electron chi connectivity index (χ4n) is 4.53. The lowest BCUT2D eigenvalue weighted by atomic mass is 9.99. The lowest BCUT2D eigenvalue weighted by molar-refractivity contribution is -0.384. The number of aliphatic carboxylic acids is 1. The fourth-order valence-corrected chi connectivity index (χ4v) is 5.49. The van der Waals surface area contributed by atoms with Gasteiger partial charge in [0.15, 0.2) is 11.0 Å². The Bertz CT molecular complexity index is 1390. The van der Waals surface area contributed by atoms with Crippen LogP contribution in [0.2, 0.25) is 0 Å². The van der Waals surface area contributed by atoms with Crippen LogP contribution in [0.5, 0.6) is 0 Å². The van der Waals surface area contributed by atoms with Crippen molar-refractivity contribution in [3.05, 3.63) is 75.3 Å². The molecule has 0 spiro atoms. The summed E-state index contributed by atoms with van der Waals surface area (Å²) in [6, 6.07) is 9.62. The van der Waals surface area contributed by atoms with Gasteiger partial charge in [-0.15, -0.1) is 10.2 Å². The summed E-state index contributed by atoms with van der Waals surface area (Å²) in [5, 5.41) is 30.3. The minimum atomic E-state index is -1.00. The molecule has 1 N–H and O–H groups in total. The number of thioether (sulfide) groups is 1. The normalized spacial score (nSPS) is 17.3. The lowest BCUT2D eigenvalue weighted by Gasteiger charge is -2.26. The molecule has 1 saturated heterocycles. The minimum absolute atomic E-state index is 0.0972. The Morgan fingerprint density at radius 1 is 1.18 bits per heavy atom. The summed E-state index contributed by atoms with van der Waals surface area (Å²) in [4.78, 5) is 29.6. The molecule has 3 aromatic rings. The molecule has 2 aromatic carbocycles. The van der Waals surface area contributed by atoms with Gasteiger partial charge in [0.05, 0.1) is 29.5 Å². The van der Waals surface area contributed by atoms with E-state index in [1.807, 2.05) is 0 Å². The molecule has 0 radical (unpaired) electrons. The van der Waals surface area contributed by atoms with Crippen LogP contribution in [-0.4, -0.2) is 80.0 Å². The van der Waals surface area contributed by atoms with E-state index in [9.17, 15) is 20.0 Å². The molecule has 1 atom stereocenters. The molecule has 38 heavy (non-hydrogen) atoms. The Morgan fingerprint density at radius 2 is 1.97 bits per heavy atom. The van der Waals surface area contributed by atoms with Gasteiger partial charge in [0.1, 0.15) is 11.9 Å². The molecule has 0 unspecified atom stereocenters. The predicted octanol–water partition coefficient (Wildman–Crippen LogP) is 3.50. The zero-order chi connectivity index (χ0) is 26.6. The summed E-state index contributed by atoms with van der Waals surface area (Å²) in [6.45, 7) is 3.89. The highest BCUT2D eigenvalue weighted by Crippen LogP contribution is 2.37. The number of nitro groups is 1. The van der Waals surface area contributed by atoms with Crippen LogP contribution in [-0.2, 0) is 9.53 Å². The summed E-state index contributed by atoms with van der Waals surface area (Å²) in [5.41, 5.74) is 1.05. The van der Waals surface area contributed by atoms with Gasteiger partial charge in [0.2, 0.25) is 0 Å². The Hall–Kier alpha value is -3.68. The SMILES string of the molecule is O=C(O)CC[C@@H]1N=C(c2ccccc2F)c2cc([N+](=O)[O-])ccc2-n2c(SCCN3CCOCC3)nnc21. The maximum atomic E-state index is 15.0. The molecule has 198 valence electrons. The van der Waals surface area contributed by atoms with E-state index in [1.54, 1.807) is 28.8 Å². The van der Waals surface area contributed by atoms with Gasteiger partial charge >= 0.3 is 5.97 Å². The number of aromatic nitrogens is 3. The molecule has 0 amide bonds. The van der Waals surface area contributed by atoms with Crippen LogP contribution in [0.15, 0.2) is 52.6 Å². The predicted molar refractivity (Wildman–Crippen MR) is 138 cm³/mol. The number of non-ortho nitro benzene ring substituents is 1. The number of hydrogen-bond acceptors (Lipinski definition) is 9. The Balaban J connectivity index is 1.61. The van der Waals surface area contributed by atoms with Crippen molar-refractivity contribution in [2.24, 2.45) is 4.99 Å². The second-order valence-corrected chi connectivity index (χ2v) is 9.91. The first kappa shape index (κ1) is 25.9. The van der Waals surface area contributed by atoms with Gasteiger partial charge in [-0.1, -0.05) is 23.9 Å². The Kier molecular flexibility index (Phi) is 7.77. The lowest BCUT2D eigenvalue weighted by Crippen LogP contribution is -2.37. The summed E-state index contributed by atoms with van der Waals surface area (Å²) >= 11 is 1.48.